The van der Waals surface area contributed by atoms with E-state index in [1.54, 1.807) is 0 Å². The molecule has 0 aliphatic carbocycles. The monoisotopic (exact) mass is 324 g/mol. The highest BCUT2D eigenvalue weighted by Gasteiger charge is 2.20. The van der Waals surface area contributed by atoms with E-state index in [4.69, 9.17) is 0 Å². The molecule has 1 aromatic heterocycles. The second-order valence-corrected chi connectivity index (χ2v) is 6.15. The number of hydrogen-bond donors (Lipinski definition) is 2. The third-order valence-corrected chi connectivity index (χ3v) is 4.36. The number of pyridine rings is 1. The number of carbonyl (C=O) groups is 1. The van der Waals surface area contributed by atoms with Crippen LogP contribution in [-0.4, -0.2) is 41.6 Å². The van der Waals surface area contributed by atoms with Gasteiger partial charge in [0, 0.05) is 49.7 Å². The fraction of sp³-hybridized carbons (Fsp3) is 0.368. The van der Waals surface area contributed by atoms with Crippen molar-refractivity contribution in [2.24, 2.45) is 0 Å². The number of urea groups is 1. The Morgan fingerprint density at radius 3 is 2.54 bits per heavy atom. The van der Waals surface area contributed by atoms with E-state index in [0.717, 1.165) is 50.3 Å². The molecule has 5 nitrogen and oxygen atoms in total. The number of rotatable bonds is 5. The molecule has 2 aromatic rings. The number of amides is 2. The first kappa shape index (κ1) is 16.5. The van der Waals surface area contributed by atoms with Crippen LogP contribution >= 0.6 is 0 Å². The van der Waals surface area contributed by atoms with Crippen LogP contribution in [0.5, 0.6) is 0 Å². The van der Waals surface area contributed by atoms with Crippen molar-refractivity contribution in [3.63, 3.8) is 0 Å². The van der Waals surface area contributed by atoms with Gasteiger partial charge in [-0.2, -0.15) is 0 Å². The van der Waals surface area contributed by atoms with Gasteiger partial charge >= 0.3 is 6.03 Å². The zero-order valence-electron chi connectivity index (χ0n) is 13.8. The standard InChI is InChI=1S/C19H24N4O/c24-19(21-17-7-2-1-3-8-17)22-18-10-14-23(15-11-18)13-9-16-6-4-5-12-20-16/h1-8,12,18H,9-11,13-15H2,(H2,21,22,24). The molecule has 1 aromatic carbocycles. The Kier molecular flexibility index (Phi) is 5.80. The molecule has 0 bridgehead atoms. The molecule has 0 radical (unpaired) electrons. The summed E-state index contributed by atoms with van der Waals surface area (Å²) in [5.74, 6) is 0. The Morgan fingerprint density at radius 1 is 1.08 bits per heavy atom. The Labute approximate surface area is 143 Å². The first-order chi connectivity index (χ1) is 11.8. The molecule has 0 unspecified atom stereocenters. The van der Waals surface area contributed by atoms with Gasteiger partial charge in [0.2, 0.25) is 0 Å². The minimum Gasteiger partial charge on any atom is -0.335 e. The predicted octanol–water partition coefficient (Wildman–Crippen LogP) is 2.91. The summed E-state index contributed by atoms with van der Waals surface area (Å²) in [4.78, 5) is 18.8. The normalized spacial score (nSPS) is 15.8. The van der Waals surface area contributed by atoms with E-state index in [-0.39, 0.29) is 12.1 Å². The van der Waals surface area contributed by atoms with E-state index >= 15 is 0 Å². The number of nitrogens with zero attached hydrogens (tertiary/aromatic N) is 2. The summed E-state index contributed by atoms with van der Waals surface area (Å²) >= 11 is 0. The molecule has 0 atom stereocenters. The number of anilines is 1. The lowest BCUT2D eigenvalue weighted by molar-refractivity contribution is 0.197. The van der Waals surface area contributed by atoms with Gasteiger partial charge in [0.15, 0.2) is 0 Å². The summed E-state index contributed by atoms with van der Waals surface area (Å²) in [6.07, 6.45) is 4.80. The molecule has 24 heavy (non-hydrogen) atoms. The number of likely N-dealkylation sites (tertiary alicyclic amines) is 1. The summed E-state index contributed by atoms with van der Waals surface area (Å²) < 4.78 is 0. The molecule has 0 saturated carbocycles. The van der Waals surface area contributed by atoms with Crippen LogP contribution in [-0.2, 0) is 6.42 Å². The van der Waals surface area contributed by atoms with E-state index < -0.39 is 0 Å². The minimum atomic E-state index is -0.117. The van der Waals surface area contributed by atoms with Crippen molar-refractivity contribution < 1.29 is 4.79 Å². The highest BCUT2D eigenvalue weighted by atomic mass is 16.2. The Balaban J connectivity index is 1.36. The second-order valence-electron chi connectivity index (χ2n) is 6.15. The molecule has 126 valence electrons. The third-order valence-electron chi connectivity index (χ3n) is 4.36. The number of benzene rings is 1. The van der Waals surface area contributed by atoms with Crippen molar-refractivity contribution in [1.29, 1.82) is 0 Å². The largest absolute Gasteiger partial charge is 0.335 e. The number of nitrogens with one attached hydrogen (secondary N) is 2. The molecule has 1 aliphatic rings. The summed E-state index contributed by atoms with van der Waals surface area (Å²) in [6, 6.07) is 15.7. The molecule has 5 heteroatoms. The average molecular weight is 324 g/mol. The lowest BCUT2D eigenvalue weighted by atomic mass is 10.0. The lowest BCUT2D eigenvalue weighted by Crippen LogP contribution is -2.46. The maximum absolute atomic E-state index is 12.0. The Bertz CT molecular complexity index is 624. The van der Waals surface area contributed by atoms with E-state index in [1.807, 2.05) is 48.7 Å². The van der Waals surface area contributed by atoms with Crippen LogP contribution in [0.15, 0.2) is 54.7 Å². The molecule has 3 rings (SSSR count). The fourth-order valence-corrected chi connectivity index (χ4v) is 2.99. The smallest absolute Gasteiger partial charge is 0.319 e. The van der Waals surface area contributed by atoms with Gasteiger partial charge < -0.3 is 15.5 Å². The summed E-state index contributed by atoms with van der Waals surface area (Å²) in [5.41, 5.74) is 1.96. The van der Waals surface area contributed by atoms with E-state index in [0.29, 0.717) is 0 Å². The van der Waals surface area contributed by atoms with Gasteiger partial charge in [-0.3, -0.25) is 4.98 Å². The fourth-order valence-electron chi connectivity index (χ4n) is 2.99. The van der Waals surface area contributed by atoms with Crippen molar-refractivity contribution >= 4 is 11.7 Å². The van der Waals surface area contributed by atoms with Crippen LogP contribution in [0.3, 0.4) is 0 Å². The van der Waals surface area contributed by atoms with Gasteiger partial charge in [0.05, 0.1) is 0 Å². The first-order valence-corrected chi connectivity index (χ1v) is 8.54. The second kappa shape index (κ2) is 8.45. The van der Waals surface area contributed by atoms with Crippen molar-refractivity contribution in [3.05, 3.63) is 60.4 Å². The van der Waals surface area contributed by atoms with Gasteiger partial charge in [0.1, 0.15) is 0 Å². The summed E-state index contributed by atoms with van der Waals surface area (Å²) in [7, 11) is 0. The van der Waals surface area contributed by atoms with E-state index in [2.05, 4.69) is 26.6 Å². The van der Waals surface area contributed by atoms with Crippen LogP contribution in [0.1, 0.15) is 18.5 Å². The third kappa shape index (κ3) is 5.06. The van der Waals surface area contributed by atoms with Crippen molar-refractivity contribution in [3.8, 4) is 0 Å². The van der Waals surface area contributed by atoms with Crippen molar-refractivity contribution in [1.82, 2.24) is 15.2 Å². The van der Waals surface area contributed by atoms with Gasteiger partial charge in [-0.25, -0.2) is 4.79 Å². The first-order valence-electron chi connectivity index (χ1n) is 8.54. The molecular formula is C19H24N4O. The minimum absolute atomic E-state index is 0.117. The number of piperidine rings is 1. The van der Waals surface area contributed by atoms with E-state index in [1.165, 1.54) is 0 Å². The highest BCUT2D eigenvalue weighted by molar-refractivity contribution is 5.89. The maximum atomic E-state index is 12.0. The SMILES string of the molecule is O=C(Nc1ccccc1)NC1CCN(CCc2ccccn2)CC1. The molecule has 1 saturated heterocycles. The number of carbonyl (C=O) groups excluding carboxylic acids is 1. The predicted molar refractivity (Wildman–Crippen MR) is 96.0 cm³/mol. The van der Waals surface area contributed by atoms with E-state index in [9.17, 15) is 4.79 Å². The Morgan fingerprint density at radius 2 is 1.83 bits per heavy atom. The number of hydrogen-bond acceptors (Lipinski definition) is 3. The zero-order chi connectivity index (χ0) is 16.6. The van der Waals surface area contributed by atoms with Gasteiger partial charge in [0.25, 0.3) is 0 Å². The van der Waals surface area contributed by atoms with Crippen LogP contribution in [0.2, 0.25) is 0 Å². The Hall–Kier alpha value is -2.40. The zero-order valence-corrected chi connectivity index (χ0v) is 13.8. The van der Waals surface area contributed by atoms with Crippen LogP contribution in [0, 0.1) is 0 Å². The maximum Gasteiger partial charge on any atom is 0.319 e. The molecule has 1 aliphatic heterocycles. The van der Waals surface area contributed by atoms with Crippen molar-refractivity contribution in [2.75, 3.05) is 25.0 Å². The molecular weight excluding hydrogens is 300 g/mol. The topological polar surface area (TPSA) is 57.3 Å². The molecule has 0 spiro atoms. The molecule has 2 amide bonds. The summed E-state index contributed by atoms with van der Waals surface area (Å²) in [6.45, 7) is 3.06. The van der Waals surface area contributed by atoms with Crippen LogP contribution in [0.25, 0.3) is 0 Å². The molecule has 2 heterocycles. The molecule has 2 N–H and O–H groups in total. The quantitative estimate of drug-likeness (QED) is 0.889. The van der Waals surface area contributed by atoms with Crippen LogP contribution < -0.4 is 10.6 Å². The summed E-state index contributed by atoms with van der Waals surface area (Å²) in [5, 5.41) is 5.95. The van der Waals surface area contributed by atoms with Crippen molar-refractivity contribution in [2.45, 2.75) is 25.3 Å². The highest BCUT2D eigenvalue weighted by Crippen LogP contribution is 2.12. The van der Waals surface area contributed by atoms with Gasteiger partial charge in [-0.15, -0.1) is 0 Å². The average Bonchev–Trinajstić information content (AvgIpc) is 2.63. The number of aromatic nitrogens is 1. The number of para-hydroxylation sites is 1. The molecule has 1 fully saturated rings. The lowest BCUT2D eigenvalue weighted by Gasteiger charge is -2.32. The van der Waals surface area contributed by atoms with Gasteiger partial charge in [-0.1, -0.05) is 24.3 Å². The van der Waals surface area contributed by atoms with Crippen LogP contribution in [0.4, 0.5) is 10.5 Å². The van der Waals surface area contributed by atoms with Gasteiger partial charge in [-0.05, 0) is 37.1 Å².